The van der Waals surface area contributed by atoms with E-state index in [1.807, 2.05) is 0 Å². The number of halogens is 3. The molecule has 1 saturated carbocycles. The van der Waals surface area contributed by atoms with Crippen LogP contribution in [0.2, 0.25) is 0 Å². The molecule has 7 nitrogen and oxygen atoms in total. The van der Waals surface area contributed by atoms with Crippen molar-refractivity contribution < 1.29 is 27.5 Å². The Morgan fingerprint density at radius 1 is 1.30 bits per heavy atom. The monoisotopic (exact) mass is 382 g/mol. The van der Waals surface area contributed by atoms with Crippen molar-refractivity contribution in [2.45, 2.75) is 25.9 Å². The van der Waals surface area contributed by atoms with Gasteiger partial charge < -0.3 is 10.1 Å². The number of hydrogen-bond donors (Lipinski definition) is 1. The predicted molar refractivity (Wildman–Crippen MR) is 87.1 cm³/mol. The minimum atomic E-state index is -4.48. The van der Waals surface area contributed by atoms with Crippen LogP contribution in [0.15, 0.2) is 24.5 Å². The van der Waals surface area contributed by atoms with Gasteiger partial charge in [0.1, 0.15) is 6.54 Å². The zero-order valence-corrected chi connectivity index (χ0v) is 14.4. The largest absolute Gasteiger partial charge is 0.464 e. The standard InChI is InChI=1S/C17H17F3N4O3/c1-10-13(16(26)22-8-15(25)27-9-11-2-3-11)7-23-24(10)14-5-4-12(6-21-14)17(18,19)20/h4-7,11H,2-3,8-9H2,1H3,(H,22,26). The molecule has 1 amide bonds. The number of rotatable bonds is 6. The molecule has 0 aromatic carbocycles. The van der Waals surface area contributed by atoms with Crippen LogP contribution in [0, 0.1) is 12.8 Å². The van der Waals surface area contributed by atoms with Crippen molar-refractivity contribution in [1.82, 2.24) is 20.1 Å². The third kappa shape index (κ3) is 4.63. The first-order valence-corrected chi connectivity index (χ1v) is 8.28. The van der Waals surface area contributed by atoms with E-state index >= 15 is 0 Å². The van der Waals surface area contributed by atoms with Gasteiger partial charge in [0, 0.05) is 6.20 Å². The molecule has 10 heteroatoms. The molecule has 27 heavy (non-hydrogen) atoms. The second kappa shape index (κ2) is 7.37. The molecule has 0 spiro atoms. The fourth-order valence-corrected chi connectivity index (χ4v) is 2.34. The van der Waals surface area contributed by atoms with Gasteiger partial charge >= 0.3 is 12.1 Å². The molecule has 2 aromatic heterocycles. The molecule has 1 aliphatic carbocycles. The van der Waals surface area contributed by atoms with Crippen molar-refractivity contribution in [3.05, 3.63) is 41.3 Å². The normalized spacial score (nSPS) is 14.1. The highest BCUT2D eigenvalue weighted by atomic mass is 19.4. The van der Waals surface area contributed by atoms with Crippen LogP contribution in [0.1, 0.15) is 34.5 Å². The highest BCUT2D eigenvalue weighted by Gasteiger charge is 2.31. The Hall–Kier alpha value is -2.91. The maximum atomic E-state index is 12.6. The Morgan fingerprint density at radius 3 is 2.63 bits per heavy atom. The zero-order valence-electron chi connectivity index (χ0n) is 14.4. The number of esters is 1. The number of carbonyl (C=O) groups is 2. The molecule has 0 bridgehead atoms. The lowest BCUT2D eigenvalue weighted by Gasteiger charge is -2.08. The Labute approximate surface area is 152 Å². The lowest BCUT2D eigenvalue weighted by molar-refractivity contribution is -0.143. The van der Waals surface area contributed by atoms with E-state index in [2.05, 4.69) is 15.4 Å². The summed E-state index contributed by atoms with van der Waals surface area (Å²) in [5, 5.41) is 6.43. The maximum absolute atomic E-state index is 12.6. The number of nitrogens with zero attached hydrogens (tertiary/aromatic N) is 3. The quantitative estimate of drug-likeness (QED) is 0.775. The fraction of sp³-hybridized carbons (Fsp3) is 0.412. The number of amides is 1. The highest BCUT2D eigenvalue weighted by Crippen LogP contribution is 2.29. The molecule has 0 atom stereocenters. The molecule has 1 aliphatic rings. The molecular formula is C17H17F3N4O3. The molecule has 1 N–H and O–H groups in total. The van der Waals surface area contributed by atoms with Gasteiger partial charge in [0.25, 0.3) is 5.91 Å². The smallest absolute Gasteiger partial charge is 0.417 e. The van der Waals surface area contributed by atoms with E-state index in [1.54, 1.807) is 6.92 Å². The van der Waals surface area contributed by atoms with Crippen molar-refractivity contribution >= 4 is 11.9 Å². The van der Waals surface area contributed by atoms with Crippen LogP contribution in [0.25, 0.3) is 5.82 Å². The van der Waals surface area contributed by atoms with E-state index < -0.39 is 23.6 Å². The average molecular weight is 382 g/mol. The summed E-state index contributed by atoms with van der Waals surface area (Å²) >= 11 is 0. The number of carbonyl (C=O) groups excluding carboxylic acids is 2. The van der Waals surface area contributed by atoms with Crippen LogP contribution < -0.4 is 5.32 Å². The maximum Gasteiger partial charge on any atom is 0.417 e. The molecule has 2 heterocycles. The van der Waals surface area contributed by atoms with Crippen molar-refractivity contribution in [1.29, 1.82) is 0 Å². The first-order chi connectivity index (χ1) is 12.8. The number of ether oxygens (including phenoxy) is 1. The minimum Gasteiger partial charge on any atom is -0.464 e. The number of nitrogens with one attached hydrogen (secondary N) is 1. The van der Waals surface area contributed by atoms with Gasteiger partial charge in [0.15, 0.2) is 5.82 Å². The molecule has 0 saturated heterocycles. The minimum absolute atomic E-state index is 0.142. The molecule has 3 rings (SSSR count). The molecular weight excluding hydrogens is 365 g/mol. The highest BCUT2D eigenvalue weighted by molar-refractivity contribution is 5.96. The lowest BCUT2D eigenvalue weighted by atomic mass is 10.2. The van der Waals surface area contributed by atoms with E-state index in [0.717, 1.165) is 18.9 Å². The van der Waals surface area contributed by atoms with Crippen LogP contribution in [0.5, 0.6) is 0 Å². The zero-order chi connectivity index (χ0) is 19.6. The first-order valence-electron chi connectivity index (χ1n) is 8.28. The summed E-state index contributed by atoms with van der Waals surface area (Å²) < 4.78 is 44.1. The second-order valence-corrected chi connectivity index (χ2v) is 6.27. The third-order valence-electron chi connectivity index (χ3n) is 4.12. The summed E-state index contributed by atoms with van der Waals surface area (Å²) in [6.45, 7) is 1.67. The van der Waals surface area contributed by atoms with Crippen molar-refractivity contribution in [3.8, 4) is 5.82 Å². The van der Waals surface area contributed by atoms with Crippen molar-refractivity contribution in [3.63, 3.8) is 0 Å². The van der Waals surface area contributed by atoms with Gasteiger partial charge in [-0.25, -0.2) is 9.67 Å². The third-order valence-corrected chi connectivity index (χ3v) is 4.12. The SMILES string of the molecule is Cc1c(C(=O)NCC(=O)OCC2CC2)cnn1-c1ccc(C(F)(F)F)cn1. The van der Waals surface area contributed by atoms with Gasteiger partial charge in [0.2, 0.25) is 0 Å². The topological polar surface area (TPSA) is 86.1 Å². The number of alkyl halides is 3. The van der Waals surface area contributed by atoms with Gasteiger partial charge in [0.05, 0.1) is 29.6 Å². The average Bonchev–Trinajstić information content (AvgIpc) is 3.38. The predicted octanol–water partition coefficient (Wildman–Crippen LogP) is 2.28. The van der Waals surface area contributed by atoms with Crippen LogP contribution in [0.3, 0.4) is 0 Å². The first kappa shape index (κ1) is 18.9. The van der Waals surface area contributed by atoms with Gasteiger partial charge in [-0.15, -0.1) is 0 Å². The van der Waals surface area contributed by atoms with Crippen LogP contribution in [0.4, 0.5) is 13.2 Å². The van der Waals surface area contributed by atoms with E-state index in [-0.39, 0.29) is 17.9 Å². The summed E-state index contributed by atoms with van der Waals surface area (Å²) in [5.74, 6) is -0.483. The van der Waals surface area contributed by atoms with Gasteiger partial charge in [-0.3, -0.25) is 9.59 Å². The fourth-order valence-electron chi connectivity index (χ4n) is 2.34. The summed E-state index contributed by atoms with van der Waals surface area (Å²) in [6.07, 6.45) is -0.415. The van der Waals surface area contributed by atoms with Crippen LogP contribution in [-0.2, 0) is 15.7 Å². The van der Waals surface area contributed by atoms with Crippen LogP contribution >= 0.6 is 0 Å². The van der Waals surface area contributed by atoms with Crippen molar-refractivity contribution in [2.24, 2.45) is 5.92 Å². The van der Waals surface area contributed by atoms with Gasteiger partial charge in [-0.05, 0) is 37.8 Å². The molecule has 0 unspecified atom stereocenters. The van der Waals surface area contributed by atoms with E-state index in [4.69, 9.17) is 4.74 Å². The molecule has 144 valence electrons. The molecule has 1 fully saturated rings. The summed E-state index contributed by atoms with van der Waals surface area (Å²) in [6, 6.07) is 2.05. The van der Waals surface area contributed by atoms with E-state index in [0.29, 0.717) is 24.4 Å². The second-order valence-electron chi connectivity index (χ2n) is 6.27. The Bertz CT molecular complexity index is 842. The van der Waals surface area contributed by atoms with Crippen LogP contribution in [-0.4, -0.2) is 39.8 Å². The van der Waals surface area contributed by atoms with Gasteiger partial charge in [-0.1, -0.05) is 0 Å². The number of pyridine rings is 1. The Balaban J connectivity index is 1.63. The Kier molecular flexibility index (Phi) is 5.15. The lowest BCUT2D eigenvalue weighted by Crippen LogP contribution is -2.31. The summed E-state index contributed by atoms with van der Waals surface area (Å²) in [4.78, 5) is 27.5. The molecule has 0 aliphatic heterocycles. The Morgan fingerprint density at radius 2 is 2.04 bits per heavy atom. The number of hydrogen-bond acceptors (Lipinski definition) is 5. The number of aromatic nitrogens is 3. The van der Waals surface area contributed by atoms with E-state index in [9.17, 15) is 22.8 Å². The van der Waals surface area contributed by atoms with Gasteiger partial charge in [-0.2, -0.15) is 18.3 Å². The molecule has 2 aromatic rings. The van der Waals surface area contributed by atoms with Crippen molar-refractivity contribution in [2.75, 3.05) is 13.2 Å². The molecule has 0 radical (unpaired) electrons. The summed E-state index contributed by atoms with van der Waals surface area (Å²) in [7, 11) is 0. The summed E-state index contributed by atoms with van der Waals surface area (Å²) in [5.41, 5.74) is -0.309. The van der Waals surface area contributed by atoms with E-state index in [1.165, 1.54) is 16.9 Å².